The molecule has 0 aromatic heterocycles. The van der Waals surface area contributed by atoms with Gasteiger partial charge in [-0.2, -0.15) is 0 Å². The van der Waals surface area contributed by atoms with E-state index in [0.717, 1.165) is 39.2 Å². The maximum absolute atomic E-state index is 9.94. The zero-order chi connectivity index (χ0) is 13.4. The zero-order valence-electron chi connectivity index (χ0n) is 11.5. The van der Waals surface area contributed by atoms with Gasteiger partial charge in [-0.25, -0.2) is 0 Å². The molecular formula is C14H20Cl2I2N2O. The minimum Gasteiger partial charge on any atom is -0.506 e. The van der Waals surface area contributed by atoms with E-state index in [-0.39, 0.29) is 24.8 Å². The van der Waals surface area contributed by atoms with Crippen molar-refractivity contribution in [1.82, 2.24) is 10.2 Å². The van der Waals surface area contributed by atoms with Crippen LogP contribution in [0.3, 0.4) is 0 Å². The van der Waals surface area contributed by atoms with Crippen LogP contribution in [-0.4, -0.2) is 36.2 Å². The first kappa shape index (κ1) is 20.0. The van der Waals surface area contributed by atoms with Gasteiger partial charge in [0.05, 0.1) is 7.14 Å². The maximum atomic E-state index is 9.94. The van der Waals surface area contributed by atoms with Crippen LogP contribution < -0.4 is 5.32 Å². The molecule has 1 saturated carbocycles. The Hall–Kier alpha value is 0.980. The molecule has 0 amide bonds. The molecule has 0 unspecified atom stereocenters. The Morgan fingerprint density at radius 1 is 1.10 bits per heavy atom. The van der Waals surface area contributed by atoms with Crippen LogP contribution in [0.4, 0.5) is 0 Å². The third-order valence-corrected chi connectivity index (χ3v) is 5.64. The smallest absolute Gasteiger partial charge is 0.142 e. The lowest BCUT2D eigenvalue weighted by molar-refractivity contribution is 0.156. The summed E-state index contributed by atoms with van der Waals surface area (Å²) in [6.07, 6.45) is 2.70. The number of nitrogens with zero attached hydrogens (tertiary/aromatic N) is 1. The predicted molar refractivity (Wildman–Crippen MR) is 108 cm³/mol. The molecule has 2 fully saturated rings. The minimum atomic E-state index is 0. The fraction of sp³-hybridized carbons (Fsp3) is 0.571. The van der Waals surface area contributed by atoms with Crippen LogP contribution in [-0.2, 0) is 0 Å². The van der Waals surface area contributed by atoms with E-state index in [1.807, 2.05) is 0 Å². The average molecular weight is 557 g/mol. The normalized spacial score (nSPS) is 20.3. The van der Waals surface area contributed by atoms with E-state index in [4.69, 9.17) is 0 Å². The molecule has 0 spiro atoms. The van der Waals surface area contributed by atoms with Crippen LogP contribution >= 0.6 is 70.0 Å². The molecule has 1 atom stereocenters. The first-order valence-electron chi connectivity index (χ1n) is 6.79. The number of rotatable bonds is 3. The molecule has 3 nitrogen and oxygen atoms in total. The highest BCUT2D eigenvalue weighted by molar-refractivity contribution is 14.1. The van der Waals surface area contributed by atoms with Crippen molar-refractivity contribution in [3.63, 3.8) is 0 Å². The summed E-state index contributed by atoms with van der Waals surface area (Å²) in [7, 11) is 0. The standard InChI is InChI=1S/C14H18I2N2O.2ClH/c15-11-7-10(8-12(16)14(11)19)13(9-1-2-9)18-5-3-17-4-6-18;;/h7-9,13,17,19H,1-6H2;2*1H/t13-;;/m1../s1. The van der Waals surface area contributed by atoms with Crippen LogP contribution in [0.1, 0.15) is 24.4 Å². The van der Waals surface area contributed by atoms with Gasteiger partial charge < -0.3 is 10.4 Å². The van der Waals surface area contributed by atoms with Gasteiger partial charge in [0, 0.05) is 32.2 Å². The lowest BCUT2D eigenvalue weighted by atomic mass is 9.99. The fourth-order valence-corrected chi connectivity index (χ4v) is 4.73. The summed E-state index contributed by atoms with van der Waals surface area (Å²) in [6.45, 7) is 4.45. The Morgan fingerprint density at radius 2 is 1.62 bits per heavy atom. The van der Waals surface area contributed by atoms with Gasteiger partial charge in [-0.3, -0.25) is 4.90 Å². The van der Waals surface area contributed by atoms with Gasteiger partial charge in [0.25, 0.3) is 0 Å². The lowest BCUT2D eigenvalue weighted by Crippen LogP contribution is -2.45. The quantitative estimate of drug-likeness (QED) is 0.556. The topological polar surface area (TPSA) is 35.5 Å². The molecule has 3 rings (SSSR count). The molecular weight excluding hydrogens is 537 g/mol. The van der Waals surface area contributed by atoms with Crippen molar-refractivity contribution in [2.45, 2.75) is 18.9 Å². The maximum Gasteiger partial charge on any atom is 0.142 e. The van der Waals surface area contributed by atoms with Crippen LogP contribution in [0.2, 0.25) is 0 Å². The number of piperazine rings is 1. The Labute approximate surface area is 165 Å². The largest absolute Gasteiger partial charge is 0.506 e. The van der Waals surface area contributed by atoms with Gasteiger partial charge in [-0.05, 0) is 81.6 Å². The molecule has 1 aromatic rings. The van der Waals surface area contributed by atoms with Crippen LogP contribution in [0, 0.1) is 13.1 Å². The molecule has 0 bridgehead atoms. The molecule has 120 valence electrons. The van der Waals surface area contributed by atoms with Crippen molar-refractivity contribution in [2.75, 3.05) is 26.2 Å². The molecule has 1 aliphatic carbocycles. The van der Waals surface area contributed by atoms with E-state index in [9.17, 15) is 5.11 Å². The van der Waals surface area contributed by atoms with E-state index in [1.165, 1.54) is 18.4 Å². The minimum absolute atomic E-state index is 0. The Bertz CT molecular complexity index is 457. The Balaban J connectivity index is 0.00000110. The summed E-state index contributed by atoms with van der Waals surface area (Å²) in [6, 6.07) is 4.89. The number of nitrogens with one attached hydrogen (secondary N) is 1. The number of benzene rings is 1. The molecule has 1 heterocycles. The molecule has 0 radical (unpaired) electrons. The van der Waals surface area contributed by atoms with Crippen LogP contribution in [0.15, 0.2) is 12.1 Å². The van der Waals surface area contributed by atoms with Crippen molar-refractivity contribution in [3.8, 4) is 5.75 Å². The number of phenolic OH excluding ortho intramolecular Hbond substituents is 1. The summed E-state index contributed by atoms with van der Waals surface area (Å²) in [5, 5.41) is 13.4. The summed E-state index contributed by atoms with van der Waals surface area (Å²) < 4.78 is 1.94. The molecule has 1 saturated heterocycles. The third kappa shape index (κ3) is 4.73. The Morgan fingerprint density at radius 3 is 2.10 bits per heavy atom. The van der Waals surface area contributed by atoms with Crippen LogP contribution in [0.25, 0.3) is 0 Å². The molecule has 1 aromatic carbocycles. The van der Waals surface area contributed by atoms with Crippen LogP contribution in [0.5, 0.6) is 5.75 Å². The second kappa shape index (κ2) is 8.73. The van der Waals surface area contributed by atoms with Gasteiger partial charge in [-0.1, -0.05) is 0 Å². The third-order valence-electron chi connectivity index (χ3n) is 3.99. The van der Waals surface area contributed by atoms with Gasteiger partial charge >= 0.3 is 0 Å². The summed E-state index contributed by atoms with van der Waals surface area (Å²) in [5.74, 6) is 1.24. The van der Waals surface area contributed by atoms with E-state index in [2.05, 4.69) is 67.5 Å². The highest BCUT2D eigenvalue weighted by atomic mass is 127. The second-order valence-corrected chi connectivity index (χ2v) is 7.73. The van der Waals surface area contributed by atoms with E-state index in [0.29, 0.717) is 11.8 Å². The molecule has 2 aliphatic rings. The van der Waals surface area contributed by atoms with E-state index in [1.54, 1.807) is 0 Å². The Kier molecular flexibility index (Phi) is 8.32. The first-order valence-corrected chi connectivity index (χ1v) is 8.95. The van der Waals surface area contributed by atoms with Gasteiger partial charge in [0.1, 0.15) is 5.75 Å². The second-order valence-electron chi connectivity index (χ2n) is 5.40. The van der Waals surface area contributed by atoms with Crippen molar-refractivity contribution in [3.05, 3.63) is 24.8 Å². The fourth-order valence-electron chi connectivity index (χ4n) is 2.91. The van der Waals surface area contributed by atoms with E-state index >= 15 is 0 Å². The van der Waals surface area contributed by atoms with Crippen molar-refractivity contribution in [1.29, 1.82) is 0 Å². The molecule has 7 heteroatoms. The summed E-state index contributed by atoms with van der Waals surface area (Å²) >= 11 is 4.48. The predicted octanol–water partition coefficient (Wildman–Crippen LogP) is 3.80. The molecule has 2 N–H and O–H groups in total. The number of phenols is 1. The van der Waals surface area contributed by atoms with Crippen molar-refractivity contribution >= 4 is 70.0 Å². The zero-order valence-corrected chi connectivity index (χ0v) is 17.5. The van der Waals surface area contributed by atoms with Crippen molar-refractivity contribution in [2.24, 2.45) is 5.92 Å². The first-order chi connectivity index (χ1) is 9.16. The van der Waals surface area contributed by atoms with E-state index < -0.39 is 0 Å². The number of aromatic hydroxyl groups is 1. The summed E-state index contributed by atoms with van der Waals surface area (Å²) in [4.78, 5) is 2.62. The average Bonchev–Trinajstić information content (AvgIpc) is 3.22. The van der Waals surface area contributed by atoms with Crippen molar-refractivity contribution < 1.29 is 5.11 Å². The monoisotopic (exact) mass is 556 g/mol. The lowest BCUT2D eigenvalue weighted by Gasteiger charge is -2.35. The highest BCUT2D eigenvalue weighted by Crippen LogP contribution is 2.46. The number of hydrogen-bond acceptors (Lipinski definition) is 3. The van der Waals surface area contributed by atoms with Gasteiger partial charge in [-0.15, -0.1) is 24.8 Å². The van der Waals surface area contributed by atoms with Gasteiger partial charge in [0.2, 0.25) is 0 Å². The summed E-state index contributed by atoms with van der Waals surface area (Å²) in [5.41, 5.74) is 1.39. The molecule has 21 heavy (non-hydrogen) atoms. The highest BCUT2D eigenvalue weighted by Gasteiger charge is 2.37. The number of hydrogen-bond donors (Lipinski definition) is 2. The SMILES string of the molecule is Cl.Cl.Oc1c(I)cc([C@@H](C2CC2)N2CCNCC2)cc1I. The van der Waals surface area contributed by atoms with Gasteiger partial charge in [0.15, 0.2) is 0 Å². The molecule has 1 aliphatic heterocycles. The number of halogens is 4.